The van der Waals surface area contributed by atoms with Crippen molar-refractivity contribution in [1.29, 1.82) is 0 Å². The third-order valence-corrected chi connectivity index (χ3v) is 5.42. The van der Waals surface area contributed by atoms with Gasteiger partial charge < -0.3 is 5.32 Å². The number of anilines is 1. The molecule has 1 aliphatic heterocycles. The number of hydrogen-bond donors (Lipinski definition) is 1. The van der Waals surface area contributed by atoms with E-state index in [2.05, 4.69) is 9.71 Å². The first-order valence-electron chi connectivity index (χ1n) is 7.03. The van der Waals surface area contributed by atoms with Gasteiger partial charge in [-0.25, -0.2) is 0 Å². The second-order valence-electron chi connectivity index (χ2n) is 5.34. The summed E-state index contributed by atoms with van der Waals surface area (Å²) in [6, 6.07) is 14.5. The molecule has 23 heavy (non-hydrogen) atoms. The number of benzene rings is 2. The van der Waals surface area contributed by atoms with Crippen molar-refractivity contribution in [3.05, 3.63) is 70.3 Å². The van der Waals surface area contributed by atoms with Gasteiger partial charge >= 0.3 is 0 Å². The van der Waals surface area contributed by atoms with Gasteiger partial charge in [-0.05, 0) is 31.5 Å². The summed E-state index contributed by atoms with van der Waals surface area (Å²) in [6.07, 6.45) is 0. The molecular formula is C17H15ClN2O2S. The average molecular weight is 347 g/mol. The van der Waals surface area contributed by atoms with E-state index in [0.29, 0.717) is 27.7 Å². The molecule has 118 valence electrons. The molecule has 2 aromatic rings. The van der Waals surface area contributed by atoms with Crippen LogP contribution >= 0.6 is 11.6 Å². The zero-order valence-corrected chi connectivity index (χ0v) is 14.2. The summed E-state index contributed by atoms with van der Waals surface area (Å²) in [5.74, 6) is 0.300. The number of aryl methyl sites for hydroxylation is 1. The average Bonchev–Trinajstić information content (AvgIpc) is 2.72. The molecule has 0 unspecified atom stereocenters. The maximum absolute atomic E-state index is 12.4. The lowest BCUT2D eigenvalue weighted by molar-refractivity contribution is 0.608. The lowest BCUT2D eigenvalue weighted by Gasteiger charge is -2.08. The van der Waals surface area contributed by atoms with Crippen LogP contribution in [-0.2, 0) is 10.0 Å². The first-order chi connectivity index (χ1) is 10.9. The Morgan fingerprint density at radius 2 is 1.65 bits per heavy atom. The Kier molecular flexibility index (Phi) is 4.00. The van der Waals surface area contributed by atoms with Crippen molar-refractivity contribution in [2.45, 2.75) is 13.8 Å². The number of hydrogen-bond acceptors (Lipinski definition) is 3. The Morgan fingerprint density at radius 3 is 2.30 bits per heavy atom. The van der Waals surface area contributed by atoms with Crippen LogP contribution in [0, 0.1) is 6.92 Å². The number of amidine groups is 1. The topological polar surface area (TPSA) is 58.5 Å². The summed E-state index contributed by atoms with van der Waals surface area (Å²) < 4.78 is 28.7. The van der Waals surface area contributed by atoms with E-state index in [4.69, 9.17) is 11.6 Å². The fourth-order valence-corrected chi connectivity index (χ4v) is 4.03. The molecule has 1 aliphatic rings. The lowest BCUT2D eigenvalue weighted by atomic mass is 10.1. The van der Waals surface area contributed by atoms with Gasteiger partial charge in [0.1, 0.15) is 10.7 Å². The van der Waals surface area contributed by atoms with Crippen LogP contribution in [0.25, 0.3) is 4.91 Å². The quantitative estimate of drug-likeness (QED) is 0.885. The van der Waals surface area contributed by atoms with E-state index in [1.54, 1.807) is 37.3 Å². The van der Waals surface area contributed by atoms with Crippen molar-refractivity contribution < 1.29 is 8.42 Å². The summed E-state index contributed by atoms with van der Waals surface area (Å²) in [4.78, 5) is 0.229. The summed E-state index contributed by atoms with van der Waals surface area (Å²) in [6.45, 7) is 3.69. The molecule has 0 fully saturated rings. The number of nitrogens with one attached hydrogen (secondary N) is 1. The molecule has 0 bridgehead atoms. The zero-order valence-electron chi connectivity index (χ0n) is 12.7. The van der Waals surface area contributed by atoms with Crippen LogP contribution in [0.4, 0.5) is 5.69 Å². The van der Waals surface area contributed by atoms with Crippen molar-refractivity contribution in [1.82, 2.24) is 0 Å². The van der Waals surface area contributed by atoms with Crippen molar-refractivity contribution >= 4 is 38.1 Å². The monoisotopic (exact) mass is 346 g/mol. The predicted octanol–water partition coefficient (Wildman–Crippen LogP) is 4.23. The summed E-state index contributed by atoms with van der Waals surface area (Å²) in [5, 5.41) is 3.51. The third-order valence-electron chi connectivity index (χ3n) is 3.61. The molecule has 3 rings (SSSR count). The molecular weight excluding hydrogens is 332 g/mol. The Labute approximate surface area is 140 Å². The van der Waals surface area contributed by atoms with Crippen molar-refractivity contribution in [3.8, 4) is 0 Å². The molecule has 0 spiro atoms. The molecule has 0 radical (unpaired) electrons. The minimum Gasteiger partial charge on any atom is -0.338 e. The lowest BCUT2D eigenvalue weighted by Crippen LogP contribution is -2.11. The standard InChI is InChI=1S/C17H15ClN2O2S/c1-11-7-9-13(10-8-11)16-12(2)17(20-23(16,21)22)19-15-6-4-3-5-14(15)18/h3-10H,1-2H3,(H,19,20). The summed E-state index contributed by atoms with van der Waals surface area (Å²) in [5.41, 5.74) is 2.90. The van der Waals surface area contributed by atoms with Crippen LogP contribution in [0.15, 0.2) is 58.5 Å². The van der Waals surface area contributed by atoms with Gasteiger partial charge in [-0.2, -0.15) is 8.42 Å². The Hall–Kier alpha value is -2.11. The minimum absolute atomic E-state index is 0.229. The van der Waals surface area contributed by atoms with Crippen LogP contribution < -0.4 is 5.32 Å². The van der Waals surface area contributed by atoms with Gasteiger partial charge in [-0.15, -0.1) is 4.40 Å². The molecule has 0 atom stereocenters. The highest BCUT2D eigenvalue weighted by atomic mass is 35.5. The second-order valence-corrected chi connectivity index (χ2v) is 7.29. The van der Waals surface area contributed by atoms with E-state index in [1.807, 2.05) is 25.1 Å². The van der Waals surface area contributed by atoms with Crippen LogP contribution in [0.1, 0.15) is 18.1 Å². The highest BCUT2D eigenvalue weighted by Gasteiger charge is 2.31. The zero-order chi connectivity index (χ0) is 16.6. The Bertz CT molecular complexity index is 929. The van der Waals surface area contributed by atoms with Gasteiger partial charge in [0.05, 0.1) is 10.7 Å². The minimum atomic E-state index is -3.72. The number of para-hydroxylation sites is 1. The fraction of sp³-hybridized carbons (Fsp3) is 0.118. The van der Waals surface area contributed by atoms with Gasteiger partial charge in [0.15, 0.2) is 0 Å². The molecule has 0 aliphatic carbocycles. The fourth-order valence-electron chi connectivity index (χ4n) is 2.41. The summed E-state index contributed by atoms with van der Waals surface area (Å²) >= 11 is 6.11. The molecule has 2 aromatic carbocycles. The Morgan fingerprint density at radius 1 is 1.00 bits per heavy atom. The molecule has 1 heterocycles. The second kappa shape index (κ2) is 5.83. The van der Waals surface area contributed by atoms with E-state index >= 15 is 0 Å². The van der Waals surface area contributed by atoms with E-state index in [9.17, 15) is 8.42 Å². The molecule has 1 N–H and O–H groups in total. The number of nitrogens with zero attached hydrogens (tertiary/aromatic N) is 1. The molecule has 0 saturated carbocycles. The first kappa shape index (κ1) is 15.8. The maximum atomic E-state index is 12.4. The highest BCUT2D eigenvalue weighted by molar-refractivity contribution is 8.00. The highest BCUT2D eigenvalue weighted by Crippen LogP contribution is 2.33. The van der Waals surface area contributed by atoms with Crippen molar-refractivity contribution in [2.24, 2.45) is 4.40 Å². The number of rotatable bonds is 2. The van der Waals surface area contributed by atoms with Gasteiger partial charge in [0, 0.05) is 5.57 Å². The van der Waals surface area contributed by atoms with Gasteiger partial charge in [0.2, 0.25) is 0 Å². The van der Waals surface area contributed by atoms with Crippen LogP contribution in [-0.4, -0.2) is 14.3 Å². The van der Waals surface area contributed by atoms with E-state index < -0.39 is 10.0 Å². The third kappa shape index (κ3) is 3.02. The largest absolute Gasteiger partial charge is 0.338 e. The first-order valence-corrected chi connectivity index (χ1v) is 8.85. The van der Waals surface area contributed by atoms with Gasteiger partial charge in [-0.3, -0.25) is 0 Å². The molecule has 0 saturated heterocycles. The van der Waals surface area contributed by atoms with Gasteiger partial charge in [-0.1, -0.05) is 53.6 Å². The smallest absolute Gasteiger partial charge is 0.285 e. The molecule has 0 aromatic heterocycles. The summed E-state index contributed by atoms with van der Waals surface area (Å²) in [7, 11) is -3.72. The van der Waals surface area contributed by atoms with Crippen LogP contribution in [0.3, 0.4) is 0 Å². The number of halogens is 1. The maximum Gasteiger partial charge on any atom is 0.285 e. The Balaban J connectivity index is 2.04. The molecule has 4 nitrogen and oxygen atoms in total. The van der Waals surface area contributed by atoms with Crippen LogP contribution in [0.2, 0.25) is 5.02 Å². The van der Waals surface area contributed by atoms with Crippen molar-refractivity contribution in [3.63, 3.8) is 0 Å². The number of sulfonamides is 1. The predicted molar refractivity (Wildman–Crippen MR) is 95.2 cm³/mol. The van der Waals surface area contributed by atoms with E-state index in [0.717, 1.165) is 5.56 Å². The molecule has 6 heteroatoms. The molecule has 0 amide bonds. The normalized spacial score (nSPS) is 16.4. The van der Waals surface area contributed by atoms with Crippen molar-refractivity contribution in [2.75, 3.05) is 5.32 Å². The van der Waals surface area contributed by atoms with E-state index in [1.165, 1.54) is 0 Å². The SMILES string of the molecule is CC1=C(c2ccc(C)cc2)S(=O)(=O)N=C1Nc1ccccc1Cl. The van der Waals surface area contributed by atoms with E-state index in [-0.39, 0.29) is 4.91 Å². The van der Waals surface area contributed by atoms with Crippen LogP contribution in [0.5, 0.6) is 0 Å². The van der Waals surface area contributed by atoms with Gasteiger partial charge in [0.25, 0.3) is 10.0 Å².